The van der Waals surface area contributed by atoms with Crippen molar-refractivity contribution in [2.24, 2.45) is 5.73 Å². The number of halogens is 4. The first-order chi connectivity index (χ1) is 19.0. The van der Waals surface area contributed by atoms with Gasteiger partial charge in [-0.3, -0.25) is 9.69 Å². The Labute approximate surface area is 228 Å². The highest BCUT2D eigenvalue weighted by atomic mass is 19.4. The summed E-state index contributed by atoms with van der Waals surface area (Å²) in [5.74, 6) is -1.68. The van der Waals surface area contributed by atoms with Crippen LogP contribution in [0.15, 0.2) is 72.8 Å². The van der Waals surface area contributed by atoms with Gasteiger partial charge in [0.1, 0.15) is 11.5 Å². The van der Waals surface area contributed by atoms with Gasteiger partial charge < -0.3 is 16.8 Å². The fourth-order valence-corrected chi connectivity index (χ4v) is 4.77. The first-order valence-electron chi connectivity index (χ1n) is 12.7. The van der Waals surface area contributed by atoms with Gasteiger partial charge in [0.05, 0.1) is 17.4 Å². The second-order valence-electron chi connectivity index (χ2n) is 9.86. The third kappa shape index (κ3) is 5.70. The standard InChI is InChI=1S/C29H28F4N6O/c1-38(21-9-10-21)27(18-5-3-6-20(35)13-18)19-8-11-23(30)24(14-19)36-28(40)25-15-26(29(31,32)33)37-39(25)22-7-2-4-17(12-22)16-34/h2-8,11-15,21,27H,9-10,16,34-35H2,1H3,(H,36,40). The van der Waals surface area contributed by atoms with Crippen molar-refractivity contribution in [1.29, 1.82) is 0 Å². The fourth-order valence-electron chi connectivity index (χ4n) is 4.77. The lowest BCUT2D eigenvalue weighted by Crippen LogP contribution is -2.28. The lowest BCUT2D eigenvalue weighted by Gasteiger charge is -2.29. The molecule has 5 N–H and O–H groups in total. The molecule has 0 radical (unpaired) electrons. The van der Waals surface area contributed by atoms with Crippen molar-refractivity contribution < 1.29 is 22.4 Å². The van der Waals surface area contributed by atoms with Crippen LogP contribution < -0.4 is 16.8 Å². The average Bonchev–Trinajstić information content (AvgIpc) is 3.67. The number of carbonyl (C=O) groups is 1. The maximum absolute atomic E-state index is 15.0. The largest absolute Gasteiger partial charge is 0.435 e. The van der Waals surface area contributed by atoms with E-state index in [1.54, 1.807) is 24.3 Å². The second kappa shape index (κ2) is 10.7. The first-order valence-corrected chi connectivity index (χ1v) is 12.7. The molecule has 208 valence electrons. The summed E-state index contributed by atoms with van der Waals surface area (Å²) in [6.07, 6.45) is -2.75. The quantitative estimate of drug-likeness (QED) is 0.198. The van der Waals surface area contributed by atoms with E-state index in [2.05, 4.69) is 15.3 Å². The Kier molecular flexibility index (Phi) is 7.35. The number of amides is 1. The molecule has 0 aliphatic heterocycles. The molecule has 1 aromatic heterocycles. The number of aromatic nitrogens is 2. The number of carbonyl (C=O) groups excluding carboxylic acids is 1. The molecular formula is C29H28F4N6O. The van der Waals surface area contributed by atoms with Crippen LogP contribution in [0.3, 0.4) is 0 Å². The molecule has 7 nitrogen and oxygen atoms in total. The van der Waals surface area contributed by atoms with Crippen LogP contribution in [-0.4, -0.2) is 33.7 Å². The van der Waals surface area contributed by atoms with Crippen molar-refractivity contribution in [1.82, 2.24) is 14.7 Å². The van der Waals surface area contributed by atoms with Gasteiger partial charge in [0.15, 0.2) is 5.69 Å². The molecule has 1 fully saturated rings. The smallest absolute Gasteiger partial charge is 0.399 e. The van der Waals surface area contributed by atoms with Crippen LogP contribution in [0.1, 0.15) is 51.8 Å². The third-order valence-corrected chi connectivity index (χ3v) is 6.93. The number of anilines is 2. The number of benzene rings is 3. The molecule has 4 aromatic rings. The molecular weight excluding hydrogens is 524 g/mol. The van der Waals surface area contributed by atoms with Gasteiger partial charge in [-0.25, -0.2) is 9.07 Å². The summed E-state index contributed by atoms with van der Waals surface area (Å²) in [4.78, 5) is 15.5. The topological polar surface area (TPSA) is 102 Å². The summed E-state index contributed by atoms with van der Waals surface area (Å²) in [6.45, 7) is 0.143. The van der Waals surface area contributed by atoms with Gasteiger partial charge in [-0.05, 0) is 73.0 Å². The maximum atomic E-state index is 15.0. The zero-order chi connectivity index (χ0) is 28.6. The molecule has 0 bridgehead atoms. The Balaban J connectivity index is 1.52. The van der Waals surface area contributed by atoms with Crippen molar-refractivity contribution in [3.05, 3.63) is 107 Å². The third-order valence-electron chi connectivity index (χ3n) is 6.93. The molecule has 40 heavy (non-hydrogen) atoms. The average molecular weight is 553 g/mol. The van der Waals surface area contributed by atoms with Crippen LogP contribution in [0.5, 0.6) is 0 Å². The first kappa shape index (κ1) is 27.4. The highest BCUT2D eigenvalue weighted by Gasteiger charge is 2.37. The molecule has 1 unspecified atom stereocenters. The Morgan fingerprint density at radius 3 is 2.48 bits per heavy atom. The molecule has 1 amide bonds. The van der Waals surface area contributed by atoms with Crippen LogP contribution in [0.25, 0.3) is 5.69 Å². The molecule has 3 aromatic carbocycles. The fraction of sp³-hybridized carbons (Fsp3) is 0.241. The number of hydrogen-bond donors (Lipinski definition) is 3. The molecule has 11 heteroatoms. The molecule has 0 saturated heterocycles. The van der Waals surface area contributed by atoms with Gasteiger partial charge in [-0.15, -0.1) is 0 Å². The summed E-state index contributed by atoms with van der Waals surface area (Å²) in [7, 11) is 1.97. The summed E-state index contributed by atoms with van der Waals surface area (Å²) >= 11 is 0. The van der Waals surface area contributed by atoms with E-state index >= 15 is 0 Å². The number of nitrogens with zero attached hydrogens (tertiary/aromatic N) is 3. The number of hydrogen-bond acceptors (Lipinski definition) is 5. The molecule has 1 aliphatic carbocycles. The zero-order valence-corrected chi connectivity index (χ0v) is 21.6. The molecule has 1 heterocycles. The molecule has 1 saturated carbocycles. The predicted molar refractivity (Wildman–Crippen MR) is 144 cm³/mol. The van der Waals surface area contributed by atoms with E-state index in [1.807, 2.05) is 25.2 Å². The SMILES string of the molecule is CN(C1CC1)C(c1cccc(N)c1)c1ccc(F)c(NC(=O)c2cc(C(F)(F)F)nn2-c2cccc(CN)c2)c1. The number of nitrogens with one attached hydrogen (secondary N) is 1. The summed E-state index contributed by atoms with van der Waals surface area (Å²) in [5, 5.41) is 6.10. The summed E-state index contributed by atoms with van der Waals surface area (Å²) < 4.78 is 56.6. The minimum absolute atomic E-state index is 0.143. The predicted octanol–water partition coefficient (Wildman–Crippen LogP) is 5.51. The Hall–Kier alpha value is -4.22. The second-order valence-corrected chi connectivity index (χ2v) is 9.86. The number of nitrogens with two attached hydrogens (primary N) is 2. The van der Waals surface area contributed by atoms with Crippen molar-refractivity contribution in [3.8, 4) is 5.69 Å². The number of nitrogen functional groups attached to an aromatic ring is 1. The van der Waals surface area contributed by atoms with Gasteiger partial charge >= 0.3 is 6.18 Å². The lowest BCUT2D eigenvalue weighted by molar-refractivity contribution is -0.141. The molecule has 1 aliphatic rings. The molecule has 0 spiro atoms. The summed E-state index contributed by atoms with van der Waals surface area (Å²) in [5.41, 5.74) is 12.9. The highest BCUT2D eigenvalue weighted by Crippen LogP contribution is 2.38. The Bertz CT molecular complexity index is 1550. The van der Waals surface area contributed by atoms with Crippen LogP contribution >= 0.6 is 0 Å². The van der Waals surface area contributed by atoms with Gasteiger partial charge in [-0.1, -0.05) is 30.3 Å². The van der Waals surface area contributed by atoms with Gasteiger partial charge in [0.2, 0.25) is 0 Å². The van der Waals surface area contributed by atoms with Crippen molar-refractivity contribution in [2.45, 2.75) is 37.6 Å². The van der Waals surface area contributed by atoms with E-state index in [4.69, 9.17) is 11.5 Å². The van der Waals surface area contributed by atoms with Gasteiger partial charge in [-0.2, -0.15) is 18.3 Å². The van der Waals surface area contributed by atoms with Crippen molar-refractivity contribution in [3.63, 3.8) is 0 Å². The number of rotatable bonds is 8. The zero-order valence-electron chi connectivity index (χ0n) is 21.6. The Morgan fingerprint density at radius 2 is 1.80 bits per heavy atom. The van der Waals surface area contributed by atoms with E-state index in [0.29, 0.717) is 28.9 Å². The molecule has 5 rings (SSSR count). The van der Waals surface area contributed by atoms with Crippen LogP contribution in [0.2, 0.25) is 0 Å². The minimum Gasteiger partial charge on any atom is -0.399 e. The number of alkyl halides is 3. The van der Waals surface area contributed by atoms with Crippen molar-refractivity contribution in [2.75, 3.05) is 18.1 Å². The van der Waals surface area contributed by atoms with Crippen molar-refractivity contribution >= 4 is 17.3 Å². The normalized spacial score (nSPS) is 14.4. The monoisotopic (exact) mass is 552 g/mol. The van der Waals surface area contributed by atoms with Crippen LogP contribution in [0.4, 0.5) is 28.9 Å². The maximum Gasteiger partial charge on any atom is 0.435 e. The van der Waals surface area contributed by atoms with Crippen LogP contribution in [-0.2, 0) is 12.7 Å². The van der Waals surface area contributed by atoms with E-state index in [9.17, 15) is 22.4 Å². The molecule has 1 atom stereocenters. The van der Waals surface area contributed by atoms with E-state index in [-0.39, 0.29) is 24.0 Å². The Morgan fingerprint density at radius 1 is 1.07 bits per heavy atom. The van der Waals surface area contributed by atoms with E-state index in [1.165, 1.54) is 24.3 Å². The lowest BCUT2D eigenvalue weighted by atomic mass is 9.96. The highest BCUT2D eigenvalue weighted by molar-refractivity contribution is 6.03. The van der Waals surface area contributed by atoms with Gasteiger partial charge in [0, 0.05) is 24.3 Å². The van der Waals surface area contributed by atoms with E-state index in [0.717, 1.165) is 23.1 Å². The van der Waals surface area contributed by atoms with E-state index < -0.39 is 29.3 Å². The van der Waals surface area contributed by atoms with Gasteiger partial charge in [0.25, 0.3) is 5.91 Å². The van der Waals surface area contributed by atoms with Crippen LogP contribution in [0, 0.1) is 5.82 Å². The minimum atomic E-state index is -4.80. The summed E-state index contributed by atoms with van der Waals surface area (Å²) in [6, 6.07) is 18.8.